The summed E-state index contributed by atoms with van der Waals surface area (Å²) in [6, 6.07) is 19.0. The normalized spacial score (nSPS) is 11.9. The van der Waals surface area contributed by atoms with Gasteiger partial charge in [0.2, 0.25) is 0 Å². The van der Waals surface area contributed by atoms with Crippen molar-refractivity contribution in [3.63, 3.8) is 0 Å². The number of para-hydroxylation sites is 1. The molecule has 1 aromatic heterocycles. The van der Waals surface area contributed by atoms with Gasteiger partial charge in [-0.25, -0.2) is 0 Å². The molecule has 2 aromatic carbocycles. The van der Waals surface area contributed by atoms with Gasteiger partial charge in [-0.2, -0.15) is 0 Å². The van der Waals surface area contributed by atoms with E-state index < -0.39 is 0 Å². The molecule has 0 bridgehead atoms. The number of benzene rings is 2. The van der Waals surface area contributed by atoms with Crippen LogP contribution in [0.25, 0.3) is 17.0 Å². The topological polar surface area (TPSA) is 17.3 Å². The molecule has 0 N–H and O–H groups in total. The summed E-state index contributed by atoms with van der Waals surface area (Å²) >= 11 is 0. The molecule has 3 aromatic rings. The van der Waals surface area contributed by atoms with Crippen LogP contribution in [0.4, 0.5) is 0 Å². The smallest absolute Gasteiger partial charge is 0.0596 e. The minimum Gasteiger partial charge on any atom is -0.343 e. The van der Waals surface area contributed by atoms with Crippen LogP contribution in [0.15, 0.2) is 65.7 Å². The van der Waals surface area contributed by atoms with E-state index in [1.807, 2.05) is 6.21 Å². The molecule has 0 spiro atoms. The van der Waals surface area contributed by atoms with Gasteiger partial charge in [0, 0.05) is 24.2 Å². The van der Waals surface area contributed by atoms with Crippen molar-refractivity contribution in [1.82, 2.24) is 4.57 Å². The number of fused-ring (bicyclic) bond motifs is 1. The molecule has 0 aliphatic heterocycles. The third-order valence-corrected chi connectivity index (χ3v) is 3.78. The number of rotatable bonds is 4. The molecule has 0 saturated carbocycles. The Morgan fingerprint density at radius 2 is 1.91 bits per heavy atom. The Bertz CT molecular complexity index is 838. The first kappa shape index (κ1) is 14.3. The molecule has 0 atom stereocenters. The van der Waals surface area contributed by atoms with Crippen LogP contribution in [-0.4, -0.2) is 17.3 Å². The Morgan fingerprint density at radius 1 is 1.05 bits per heavy atom. The van der Waals surface area contributed by atoms with E-state index in [1.165, 1.54) is 22.0 Å². The molecule has 0 aliphatic carbocycles. The lowest BCUT2D eigenvalue weighted by Crippen LogP contribution is -1.94. The maximum absolute atomic E-state index is 4.50. The maximum atomic E-state index is 4.50. The predicted molar refractivity (Wildman–Crippen MR) is 95.6 cm³/mol. The van der Waals surface area contributed by atoms with Crippen LogP contribution in [0.3, 0.4) is 0 Å². The molecule has 2 nitrogen and oxygen atoms in total. The number of nitrogens with zero attached hydrogens (tertiary/aromatic N) is 2. The second-order valence-corrected chi connectivity index (χ2v) is 5.50. The molecule has 0 aliphatic rings. The third-order valence-electron chi connectivity index (χ3n) is 3.78. The zero-order chi connectivity index (χ0) is 15.4. The van der Waals surface area contributed by atoms with Crippen molar-refractivity contribution in [2.24, 2.45) is 12.0 Å². The van der Waals surface area contributed by atoms with Gasteiger partial charge in [-0.15, -0.1) is 0 Å². The first-order valence-corrected chi connectivity index (χ1v) is 7.51. The zero-order valence-electron chi connectivity index (χ0n) is 13.0. The number of hydrogen-bond acceptors (Lipinski definition) is 1. The van der Waals surface area contributed by atoms with Crippen LogP contribution in [0.5, 0.6) is 0 Å². The fourth-order valence-corrected chi connectivity index (χ4v) is 2.60. The van der Waals surface area contributed by atoms with Crippen molar-refractivity contribution in [2.75, 3.05) is 6.54 Å². The summed E-state index contributed by atoms with van der Waals surface area (Å²) in [6.45, 7) is 2.80. The van der Waals surface area contributed by atoms with Crippen molar-refractivity contribution >= 4 is 23.2 Å². The van der Waals surface area contributed by atoms with E-state index >= 15 is 0 Å². The Labute approximate surface area is 131 Å². The molecule has 0 unspecified atom stereocenters. The van der Waals surface area contributed by atoms with Gasteiger partial charge < -0.3 is 4.57 Å². The number of hydrogen-bond donors (Lipinski definition) is 0. The lowest BCUT2D eigenvalue weighted by Gasteiger charge is -1.98. The summed E-state index contributed by atoms with van der Waals surface area (Å²) in [4.78, 5) is 4.50. The number of aromatic nitrogens is 1. The van der Waals surface area contributed by atoms with Crippen LogP contribution in [-0.2, 0) is 7.05 Å². The fourth-order valence-electron chi connectivity index (χ4n) is 2.60. The second kappa shape index (κ2) is 6.44. The number of aliphatic imine (C=N–C) groups is 1. The van der Waals surface area contributed by atoms with Gasteiger partial charge in [-0.05, 0) is 24.6 Å². The van der Waals surface area contributed by atoms with Crippen molar-refractivity contribution < 1.29 is 0 Å². The second-order valence-electron chi connectivity index (χ2n) is 5.50. The average molecular weight is 288 g/mol. The largest absolute Gasteiger partial charge is 0.343 e. The van der Waals surface area contributed by atoms with Crippen LogP contribution in [0.2, 0.25) is 0 Å². The standard InChI is InChI=1S/C20H20N2/c1-16-7-5-8-17(13-16)9-6-12-21-15-19-14-18-10-3-4-11-20(18)22(19)2/h3-11,13-15H,12H2,1-2H3/b9-6+,21-15?. The van der Waals surface area contributed by atoms with Crippen molar-refractivity contribution in [1.29, 1.82) is 0 Å². The minimum absolute atomic E-state index is 0.690. The molecule has 0 saturated heterocycles. The Balaban J connectivity index is 1.67. The van der Waals surface area contributed by atoms with Gasteiger partial charge in [0.1, 0.15) is 0 Å². The van der Waals surface area contributed by atoms with E-state index in [9.17, 15) is 0 Å². The van der Waals surface area contributed by atoms with Crippen LogP contribution in [0, 0.1) is 6.92 Å². The highest BCUT2D eigenvalue weighted by Gasteiger charge is 2.01. The molecule has 3 rings (SSSR count). The lowest BCUT2D eigenvalue weighted by molar-refractivity contribution is 0.957. The zero-order valence-corrected chi connectivity index (χ0v) is 13.0. The van der Waals surface area contributed by atoms with E-state index in [4.69, 9.17) is 0 Å². The van der Waals surface area contributed by atoms with E-state index in [1.54, 1.807) is 0 Å². The summed E-state index contributed by atoms with van der Waals surface area (Å²) in [5.74, 6) is 0. The molecule has 0 radical (unpaired) electrons. The van der Waals surface area contributed by atoms with Crippen molar-refractivity contribution in [3.05, 3.63) is 77.5 Å². The summed E-state index contributed by atoms with van der Waals surface area (Å²) in [5.41, 5.74) is 4.87. The Morgan fingerprint density at radius 3 is 2.73 bits per heavy atom. The SMILES string of the molecule is Cc1cccc(/C=C/CN=Cc2cc3ccccc3n2C)c1. The maximum Gasteiger partial charge on any atom is 0.0596 e. The predicted octanol–water partition coefficient (Wildman–Crippen LogP) is 4.62. The summed E-state index contributed by atoms with van der Waals surface area (Å²) in [7, 11) is 2.08. The quantitative estimate of drug-likeness (QED) is 0.623. The van der Waals surface area contributed by atoms with Gasteiger partial charge >= 0.3 is 0 Å². The molecular formula is C20H20N2. The first-order valence-electron chi connectivity index (χ1n) is 7.51. The van der Waals surface area contributed by atoms with E-state index in [-0.39, 0.29) is 0 Å². The van der Waals surface area contributed by atoms with E-state index in [0.29, 0.717) is 6.54 Å². The van der Waals surface area contributed by atoms with Crippen LogP contribution in [0.1, 0.15) is 16.8 Å². The highest BCUT2D eigenvalue weighted by molar-refractivity contribution is 5.90. The Kier molecular flexibility index (Phi) is 4.19. The highest BCUT2D eigenvalue weighted by Crippen LogP contribution is 2.16. The Hall–Kier alpha value is -2.61. The average Bonchev–Trinajstić information content (AvgIpc) is 2.84. The van der Waals surface area contributed by atoms with Gasteiger partial charge in [-0.3, -0.25) is 4.99 Å². The molecule has 2 heteroatoms. The molecular weight excluding hydrogens is 268 g/mol. The summed E-state index contributed by atoms with van der Waals surface area (Å²) in [5, 5.41) is 1.25. The molecule has 0 fully saturated rings. The highest BCUT2D eigenvalue weighted by atomic mass is 15.0. The molecule has 1 heterocycles. The van der Waals surface area contributed by atoms with Crippen LogP contribution < -0.4 is 0 Å². The summed E-state index contributed by atoms with van der Waals surface area (Å²) in [6.07, 6.45) is 6.15. The van der Waals surface area contributed by atoms with Gasteiger partial charge in [0.15, 0.2) is 0 Å². The number of aryl methyl sites for hydroxylation is 2. The van der Waals surface area contributed by atoms with Gasteiger partial charge in [0.25, 0.3) is 0 Å². The molecule has 22 heavy (non-hydrogen) atoms. The van der Waals surface area contributed by atoms with Crippen molar-refractivity contribution in [3.8, 4) is 0 Å². The van der Waals surface area contributed by atoms with Gasteiger partial charge in [0.05, 0.1) is 12.2 Å². The third kappa shape index (κ3) is 3.17. The fraction of sp³-hybridized carbons (Fsp3) is 0.150. The lowest BCUT2D eigenvalue weighted by atomic mass is 10.1. The van der Waals surface area contributed by atoms with E-state index in [2.05, 4.69) is 90.3 Å². The summed E-state index contributed by atoms with van der Waals surface area (Å²) < 4.78 is 2.17. The molecule has 0 amide bonds. The van der Waals surface area contributed by atoms with E-state index in [0.717, 1.165) is 5.69 Å². The first-order chi connectivity index (χ1) is 10.7. The van der Waals surface area contributed by atoms with Crippen molar-refractivity contribution in [2.45, 2.75) is 6.92 Å². The van der Waals surface area contributed by atoms with Gasteiger partial charge in [-0.1, -0.05) is 60.2 Å². The monoisotopic (exact) mass is 288 g/mol. The van der Waals surface area contributed by atoms with Crippen LogP contribution >= 0.6 is 0 Å². The minimum atomic E-state index is 0.690. The molecule has 110 valence electrons.